The van der Waals surface area contributed by atoms with Gasteiger partial charge >= 0.3 is 0 Å². The van der Waals surface area contributed by atoms with Gasteiger partial charge in [0.05, 0.1) is 20.3 Å². The smallest absolute Gasteiger partial charge is 0.148 e. The van der Waals surface area contributed by atoms with Crippen molar-refractivity contribution in [2.24, 2.45) is 0 Å². The second kappa shape index (κ2) is 9.15. The standard InChI is InChI=1S/C26H27FN2O3/c1-30-23-20-7-5-4-6-19(20)22(24(31-2)21(23)16-28)25(32-3)26(12-14-29-15-13-26)17-8-10-18(27)11-9-17/h4-11,25,29H,12-15H2,1-3H3. The molecule has 0 spiro atoms. The molecule has 3 aromatic rings. The fourth-order valence-corrected chi connectivity index (χ4v) is 5.17. The number of piperidine rings is 1. The third-order valence-electron chi connectivity index (χ3n) is 6.60. The van der Waals surface area contributed by atoms with Crippen LogP contribution in [-0.2, 0) is 10.2 Å². The van der Waals surface area contributed by atoms with Gasteiger partial charge in [0.15, 0.2) is 0 Å². The average Bonchev–Trinajstić information content (AvgIpc) is 2.84. The van der Waals surface area contributed by atoms with E-state index in [9.17, 15) is 9.65 Å². The van der Waals surface area contributed by atoms with Crippen LogP contribution in [0.5, 0.6) is 11.5 Å². The summed E-state index contributed by atoms with van der Waals surface area (Å²) in [5.74, 6) is 0.667. The number of nitrogens with one attached hydrogen (secondary N) is 1. The van der Waals surface area contributed by atoms with Crippen molar-refractivity contribution in [2.45, 2.75) is 24.4 Å². The Morgan fingerprint density at radius 2 is 1.56 bits per heavy atom. The summed E-state index contributed by atoms with van der Waals surface area (Å²) in [6.45, 7) is 1.61. The highest BCUT2D eigenvalue weighted by atomic mass is 19.1. The normalized spacial score (nSPS) is 16.3. The van der Waals surface area contributed by atoms with E-state index in [1.807, 2.05) is 36.4 Å². The topological polar surface area (TPSA) is 63.5 Å². The molecule has 1 unspecified atom stereocenters. The first-order valence-electron chi connectivity index (χ1n) is 10.7. The Balaban J connectivity index is 2.06. The molecule has 0 radical (unpaired) electrons. The summed E-state index contributed by atoms with van der Waals surface area (Å²) in [5.41, 5.74) is 1.74. The minimum absolute atomic E-state index is 0.272. The number of hydrogen-bond donors (Lipinski definition) is 1. The van der Waals surface area contributed by atoms with E-state index in [-0.39, 0.29) is 5.82 Å². The maximum atomic E-state index is 13.8. The number of nitrogens with zero attached hydrogens (tertiary/aromatic N) is 1. The molecule has 4 rings (SSSR count). The van der Waals surface area contributed by atoms with Gasteiger partial charge < -0.3 is 19.5 Å². The molecule has 32 heavy (non-hydrogen) atoms. The molecule has 0 amide bonds. The van der Waals surface area contributed by atoms with Gasteiger partial charge in [-0.1, -0.05) is 36.4 Å². The third-order valence-corrected chi connectivity index (χ3v) is 6.60. The SMILES string of the molecule is COc1c(C#N)c(OC)c2ccccc2c1C(OC)C1(c2ccc(F)cc2)CCNCC1. The van der Waals surface area contributed by atoms with Crippen LogP contribution in [0.1, 0.15) is 35.6 Å². The first kappa shape index (κ1) is 22.1. The zero-order chi connectivity index (χ0) is 22.7. The predicted octanol–water partition coefficient (Wildman–Crippen LogP) is 4.88. The molecule has 6 heteroatoms. The maximum Gasteiger partial charge on any atom is 0.148 e. The molecule has 1 aliphatic rings. The van der Waals surface area contributed by atoms with Crippen LogP contribution in [0.2, 0.25) is 0 Å². The lowest BCUT2D eigenvalue weighted by Crippen LogP contribution is -2.45. The number of benzene rings is 3. The molecule has 1 N–H and O–H groups in total. The lowest BCUT2D eigenvalue weighted by Gasteiger charge is -2.44. The molecule has 1 atom stereocenters. The summed E-state index contributed by atoms with van der Waals surface area (Å²) < 4.78 is 31.5. The molecule has 0 aliphatic carbocycles. The largest absolute Gasteiger partial charge is 0.495 e. The fourth-order valence-electron chi connectivity index (χ4n) is 5.17. The fraction of sp³-hybridized carbons (Fsp3) is 0.346. The molecule has 0 bridgehead atoms. The number of hydrogen-bond acceptors (Lipinski definition) is 5. The molecule has 1 fully saturated rings. The highest BCUT2D eigenvalue weighted by molar-refractivity contribution is 5.96. The molecule has 166 valence electrons. The zero-order valence-electron chi connectivity index (χ0n) is 18.6. The van der Waals surface area contributed by atoms with E-state index in [4.69, 9.17) is 14.2 Å². The highest BCUT2D eigenvalue weighted by Gasteiger charge is 2.45. The summed E-state index contributed by atoms with van der Waals surface area (Å²) in [7, 11) is 4.80. The predicted molar refractivity (Wildman–Crippen MR) is 122 cm³/mol. The van der Waals surface area contributed by atoms with Gasteiger partial charge in [-0.3, -0.25) is 0 Å². The van der Waals surface area contributed by atoms with Gasteiger partial charge in [0.1, 0.15) is 28.9 Å². The Labute approximate surface area is 187 Å². The number of nitriles is 1. The first-order chi connectivity index (χ1) is 15.6. The van der Waals surface area contributed by atoms with Crippen molar-refractivity contribution < 1.29 is 18.6 Å². The van der Waals surface area contributed by atoms with E-state index in [2.05, 4.69) is 11.4 Å². The third kappa shape index (κ3) is 3.48. The molecule has 5 nitrogen and oxygen atoms in total. The van der Waals surface area contributed by atoms with Gasteiger partial charge in [-0.2, -0.15) is 5.26 Å². The van der Waals surface area contributed by atoms with Crippen LogP contribution in [0, 0.1) is 17.1 Å². The summed E-state index contributed by atoms with van der Waals surface area (Å²) in [6.07, 6.45) is 1.17. The molecule has 0 saturated carbocycles. The number of halogens is 1. The van der Waals surface area contributed by atoms with Crippen molar-refractivity contribution in [2.75, 3.05) is 34.4 Å². The Morgan fingerprint density at radius 3 is 2.12 bits per heavy atom. The summed E-state index contributed by atoms with van der Waals surface area (Å²) in [4.78, 5) is 0. The van der Waals surface area contributed by atoms with Crippen molar-refractivity contribution in [3.8, 4) is 17.6 Å². The average molecular weight is 435 g/mol. The van der Waals surface area contributed by atoms with Crippen LogP contribution in [0.3, 0.4) is 0 Å². The van der Waals surface area contributed by atoms with Crippen molar-refractivity contribution in [3.63, 3.8) is 0 Å². The number of ether oxygens (including phenoxy) is 3. The highest BCUT2D eigenvalue weighted by Crippen LogP contribution is 2.52. The van der Waals surface area contributed by atoms with Gasteiger partial charge in [-0.05, 0) is 49.0 Å². The van der Waals surface area contributed by atoms with Crippen LogP contribution in [-0.4, -0.2) is 34.4 Å². The van der Waals surface area contributed by atoms with Gasteiger partial charge in [0, 0.05) is 23.5 Å². The lowest BCUT2D eigenvalue weighted by atomic mass is 9.66. The van der Waals surface area contributed by atoms with E-state index in [1.54, 1.807) is 21.3 Å². The van der Waals surface area contributed by atoms with Crippen LogP contribution in [0.4, 0.5) is 4.39 Å². The van der Waals surface area contributed by atoms with Crippen LogP contribution < -0.4 is 14.8 Å². The Hall–Kier alpha value is -3.14. The molecule has 1 aliphatic heterocycles. The second-order valence-electron chi connectivity index (χ2n) is 8.04. The van der Waals surface area contributed by atoms with Crippen molar-refractivity contribution in [1.29, 1.82) is 5.26 Å². The number of fused-ring (bicyclic) bond motifs is 1. The summed E-state index contributed by atoms with van der Waals surface area (Å²) >= 11 is 0. The van der Waals surface area contributed by atoms with Gasteiger partial charge in [0.25, 0.3) is 0 Å². The van der Waals surface area contributed by atoms with Crippen LogP contribution >= 0.6 is 0 Å². The Morgan fingerprint density at radius 1 is 0.938 bits per heavy atom. The maximum absolute atomic E-state index is 13.8. The molecule has 1 saturated heterocycles. The van der Waals surface area contributed by atoms with E-state index in [1.165, 1.54) is 12.1 Å². The molecule has 3 aromatic carbocycles. The lowest BCUT2D eigenvalue weighted by molar-refractivity contribution is 0.0132. The van der Waals surface area contributed by atoms with E-state index in [0.29, 0.717) is 17.1 Å². The Bertz CT molecular complexity index is 1150. The number of rotatable bonds is 6. The molecular formula is C26H27FN2O3. The summed E-state index contributed by atoms with van der Waals surface area (Å²) in [5, 5.41) is 15.2. The van der Waals surface area contributed by atoms with Gasteiger partial charge in [0.2, 0.25) is 0 Å². The zero-order valence-corrected chi connectivity index (χ0v) is 18.6. The minimum atomic E-state index is -0.426. The second-order valence-corrected chi connectivity index (χ2v) is 8.04. The monoisotopic (exact) mass is 434 g/mol. The Kier molecular flexibility index (Phi) is 6.31. The van der Waals surface area contributed by atoms with Crippen molar-refractivity contribution in [3.05, 3.63) is 71.0 Å². The van der Waals surface area contributed by atoms with Crippen LogP contribution in [0.25, 0.3) is 10.8 Å². The molecular weight excluding hydrogens is 407 g/mol. The van der Waals surface area contributed by atoms with E-state index >= 15 is 0 Å². The minimum Gasteiger partial charge on any atom is -0.495 e. The quantitative estimate of drug-likeness (QED) is 0.599. The summed E-state index contributed by atoms with van der Waals surface area (Å²) in [6, 6.07) is 16.8. The number of methoxy groups -OCH3 is 3. The van der Waals surface area contributed by atoms with Crippen molar-refractivity contribution in [1.82, 2.24) is 5.32 Å². The molecule has 1 heterocycles. The van der Waals surface area contributed by atoms with Gasteiger partial charge in [-0.25, -0.2) is 4.39 Å². The van der Waals surface area contributed by atoms with Gasteiger partial charge in [-0.15, -0.1) is 0 Å². The van der Waals surface area contributed by atoms with Crippen molar-refractivity contribution >= 4 is 10.8 Å². The van der Waals surface area contributed by atoms with Crippen LogP contribution in [0.15, 0.2) is 48.5 Å². The van der Waals surface area contributed by atoms with E-state index < -0.39 is 11.5 Å². The molecule has 0 aromatic heterocycles. The first-order valence-corrected chi connectivity index (χ1v) is 10.7. The van der Waals surface area contributed by atoms with E-state index in [0.717, 1.165) is 47.8 Å².